The number of aliphatic carboxylic acids is 1. The summed E-state index contributed by atoms with van der Waals surface area (Å²) in [5, 5.41) is 8.06. The first-order valence-corrected chi connectivity index (χ1v) is 6.00. The molecule has 0 aliphatic heterocycles. The van der Waals surface area contributed by atoms with E-state index < -0.39 is 54.6 Å². The molecule has 0 fully saturated rings. The third kappa shape index (κ3) is 4.40. The quantitative estimate of drug-likeness (QED) is 0.345. The number of carboxylic acids is 1. The average molecular weight is 430 g/mol. The van der Waals surface area contributed by atoms with Crippen molar-refractivity contribution in [1.29, 1.82) is 0 Å². The number of esters is 1. The molecule has 0 aromatic carbocycles. The van der Waals surface area contributed by atoms with E-state index in [9.17, 15) is 62.3 Å². The fourth-order valence-electron chi connectivity index (χ4n) is 1.21. The highest BCUT2D eigenvalue weighted by Crippen LogP contribution is 2.58. The number of carboxylic acid groups (broad SMARTS) is 1. The zero-order chi connectivity index (χ0) is 22.1. The van der Waals surface area contributed by atoms with Crippen LogP contribution in [0.25, 0.3) is 0 Å². The summed E-state index contributed by atoms with van der Waals surface area (Å²) in [5.41, 5.74) is 0. The Labute approximate surface area is 140 Å². The molecule has 0 amide bonds. The first kappa shape index (κ1) is 24.8. The summed E-state index contributed by atoms with van der Waals surface area (Å²) in [6.07, 6.45) is -5.87. The minimum atomic E-state index is -7.73. The van der Waals surface area contributed by atoms with Crippen molar-refractivity contribution in [2.24, 2.45) is 0 Å². The lowest BCUT2D eigenvalue weighted by atomic mass is 9.94. The fraction of sp³-hybridized carbons (Fsp3) is 0.636. The normalized spacial score (nSPS) is 14.7. The molecule has 158 valence electrons. The number of hydrogen-bond donors (Lipinski definition) is 1. The van der Waals surface area contributed by atoms with Gasteiger partial charge in [0.25, 0.3) is 0 Å². The van der Waals surface area contributed by atoms with Crippen molar-refractivity contribution < 1.29 is 72.1 Å². The van der Waals surface area contributed by atoms with Crippen LogP contribution in [0.3, 0.4) is 0 Å². The smallest absolute Gasteiger partial charge is 0.384 e. The van der Waals surface area contributed by atoms with Gasteiger partial charge in [-0.25, -0.2) is 18.4 Å². The Hall–Kier alpha value is -2.16. The van der Waals surface area contributed by atoms with Gasteiger partial charge >= 0.3 is 48.0 Å². The summed E-state index contributed by atoms with van der Waals surface area (Å²) in [6, 6.07) is 0. The molecule has 0 saturated carbocycles. The van der Waals surface area contributed by atoms with Gasteiger partial charge in [-0.05, 0) is 0 Å². The highest BCUT2D eigenvalue weighted by Gasteiger charge is 2.87. The maximum absolute atomic E-state index is 13.2. The van der Waals surface area contributed by atoms with E-state index in [0.717, 1.165) is 0 Å². The van der Waals surface area contributed by atoms with Gasteiger partial charge in [0.15, 0.2) is 6.61 Å². The van der Waals surface area contributed by atoms with E-state index in [1.807, 2.05) is 0 Å². The molecule has 27 heavy (non-hydrogen) atoms. The van der Waals surface area contributed by atoms with Crippen LogP contribution in [0.15, 0.2) is 12.2 Å². The summed E-state index contributed by atoms with van der Waals surface area (Å²) in [7, 11) is 0. The van der Waals surface area contributed by atoms with Crippen molar-refractivity contribution in [2.75, 3.05) is 6.61 Å². The highest BCUT2D eigenvalue weighted by molar-refractivity contribution is 5.90. The van der Waals surface area contributed by atoms with Gasteiger partial charge in [-0.2, -0.15) is 43.9 Å². The minimum Gasteiger partial charge on any atom is -0.478 e. The zero-order valence-electron chi connectivity index (χ0n) is 12.1. The molecule has 0 saturated heterocycles. The van der Waals surface area contributed by atoms with Gasteiger partial charge in [-0.15, -0.1) is 0 Å². The molecule has 0 radical (unpaired) electrons. The molecule has 0 aromatic heterocycles. The summed E-state index contributed by atoms with van der Waals surface area (Å²) in [6.45, 7) is -3.10. The lowest BCUT2D eigenvalue weighted by Gasteiger charge is -2.38. The predicted molar refractivity (Wildman–Crippen MR) is 58.5 cm³/mol. The van der Waals surface area contributed by atoms with Crippen molar-refractivity contribution in [1.82, 2.24) is 0 Å². The monoisotopic (exact) mass is 430 g/mol. The average Bonchev–Trinajstić information content (AvgIpc) is 2.49. The summed E-state index contributed by atoms with van der Waals surface area (Å²) in [5.74, 6) is -40.4. The van der Waals surface area contributed by atoms with Crippen molar-refractivity contribution in [3.05, 3.63) is 12.2 Å². The van der Waals surface area contributed by atoms with Crippen LogP contribution in [-0.2, 0) is 14.3 Å². The molecule has 0 aromatic rings. The second-order valence-corrected chi connectivity index (χ2v) is 4.63. The van der Waals surface area contributed by atoms with Crippen LogP contribution in [0.4, 0.5) is 52.7 Å². The van der Waals surface area contributed by atoms with E-state index in [4.69, 9.17) is 5.11 Å². The molecule has 0 rings (SSSR count). The maximum Gasteiger partial charge on any atom is 0.384 e. The molecule has 0 aliphatic rings. The Morgan fingerprint density at radius 3 is 1.63 bits per heavy atom. The standard InChI is InChI=1S/C11H6F12O4/c12-6(13)8(16,17)10(20,21)11(22,23)9(18,19)7(14,15)3-27-5(26)2-1-4(24)25/h1-2,6H,3H2,(H,24,25)/b2-1-. The molecule has 0 spiro atoms. The first-order chi connectivity index (χ1) is 11.8. The summed E-state index contributed by atoms with van der Waals surface area (Å²) < 4.78 is 157. The van der Waals surface area contributed by atoms with E-state index in [1.165, 1.54) is 0 Å². The third-order valence-electron chi connectivity index (χ3n) is 2.70. The van der Waals surface area contributed by atoms with Crippen molar-refractivity contribution in [3.63, 3.8) is 0 Å². The molecule has 0 atom stereocenters. The third-order valence-corrected chi connectivity index (χ3v) is 2.70. The van der Waals surface area contributed by atoms with Crippen LogP contribution >= 0.6 is 0 Å². The Kier molecular flexibility index (Phi) is 6.86. The number of hydrogen-bond acceptors (Lipinski definition) is 3. The van der Waals surface area contributed by atoms with Gasteiger partial charge in [0.2, 0.25) is 0 Å². The van der Waals surface area contributed by atoms with Gasteiger partial charge in [0.1, 0.15) is 0 Å². The zero-order valence-corrected chi connectivity index (χ0v) is 12.1. The number of carbonyl (C=O) groups is 2. The van der Waals surface area contributed by atoms with Crippen LogP contribution in [-0.4, -0.2) is 59.7 Å². The Bertz CT molecular complexity index is 598. The molecule has 0 aliphatic carbocycles. The van der Waals surface area contributed by atoms with Crippen molar-refractivity contribution in [2.45, 2.75) is 36.0 Å². The largest absolute Gasteiger partial charge is 0.478 e. The second kappa shape index (κ2) is 7.46. The summed E-state index contributed by atoms with van der Waals surface area (Å²) >= 11 is 0. The SMILES string of the molecule is O=C(O)/C=C\C(=O)OCC(F)(F)C(F)(F)C(F)(F)C(F)(F)C(F)(F)C(F)F. The van der Waals surface area contributed by atoms with E-state index >= 15 is 0 Å². The Morgan fingerprint density at radius 1 is 0.815 bits per heavy atom. The van der Waals surface area contributed by atoms with Crippen molar-refractivity contribution in [3.8, 4) is 0 Å². The Balaban J connectivity index is 5.73. The lowest BCUT2D eigenvalue weighted by molar-refractivity contribution is -0.414. The number of ether oxygens (including phenoxy) is 1. The van der Waals surface area contributed by atoms with Gasteiger partial charge < -0.3 is 9.84 Å². The minimum absolute atomic E-state index is 0.0788. The van der Waals surface area contributed by atoms with Crippen LogP contribution in [0.5, 0.6) is 0 Å². The molecular formula is C11H6F12O4. The molecule has 16 heteroatoms. The maximum atomic E-state index is 13.2. The van der Waals surface area contributed by atoms with Gasteiger partial charge in [0, 0.05) is 12.2 Å². The molecule has 0 bridgehead atoms. The highest BCUT2D eigenvalue weighted by atomic mass is 19.4. The number of rotatable bonds is 9. The number of alkyl halides is 12. The van der Waals surface area contributed by atoms with Crippen molar-refractivity contribution >= 4 is 11.9 Å². The first-order valence-electron chi connectivity index (χ1n) is 6.00. The second-order valence-electron chi connectivity index (χ2n) is 4.63. The lowest BCUT2D eigenvalue weighted by Crippen LogP contribution is -2.69. The van der Waals surface area contributed by atoms with E-state index in [0.29, 0.717) is 0 Å². The molecule has 0 heterocycles. The fourth-order valence-corrected chi connectivity index (χ4v) is 1.21. The van der Waals surface area contributed by atoms with Crippen LogP contribution in [0.2, 0.25) is 0 Å². The molecule has 4 nitrogen and oxygen atoms in total. The van der Waals surface area contributed by atoms with E-state index in [-0.39, 0.29) is 12.2 Å². The predicted octanol–water partition coefficient (Wildman–Crippen LogP) is 3.61. The Morgan fingerprint density at radius 2 is 1.26 bits per heavy atom. The summed E-state index contributed by atoms with van der Waals surface area (Å²) in [4.78, 5) is 20.7. The van der Waals surface area contributed by atoms with Gasteiger partial charge in [-0.1, -0.05) is 0 Å². The molecule has 1 N–H and O–H groups in total. The van der Waals surface area contributed by atoms with Crippen LogP contribution in [0.1, 0.15) is 0 Å². The van der Waals surface area contributed by atoms with E-state index in [2.05, 4.69) is 4.74 Å². The van der Waals surface area contributed by atoms with Gasteiger partial charge in [-0.3, -0.25) is 0 Å². The number of carbonyl (C=O) groups excluding carboxylic acids is 1. The van der Waals surface area contributed by atoms with Gasteiger partial charge in [0.05, 0.1) is 0 Å². The van der Waals surface area contributed by atoms with Crippen LogP contribution in [0, 0.1) is 0 Å². The van der Waals surface area contributed by atoms with E-state index in [1.54, 1.807) is 0 Å². The topological polar surface area (TPSA) is 63.6 Å². The van der Waals surface area contributed by atoms with Crippen LogP contribution < -0.4 is 0 Å². The molecule has 0 unspecified atom stereocenters. The molecular weight excluding hydrogens is 424 g/mol. The number of halogens is 12.